The summed E-state index contributed by atoms with van der Waals surface area (Å²) in [6.45, 7) is 0. The minimum atomic E-state index is -0.105. The van der Waals surface area contributed by atoms with E-state index >= 15 is 0 Å². The summed E-state index contributed by atoms with van der Waals surface area (Å²) in [5.74, 6) is 1.03. The number of fused-ring (bicyclic) bond motifs is 2. The molecule has 0 aliphatic carbocycles. The van der Waals surface area contributed by atoms with Gasteiger partial charge in [-0.25, -0.2) is 9.50 Å². The average molecular weight is 383 g/mol. The highest BCUT2D eigenvalue weighted by Gasteiger charge is 2.13. The standard InChI is InChI=1S/C22H17N5O2/c28-22(10-7-15-4-3-11-23-13-15)25-20-8-9-21-24-14-17(27(21)26-20)19-12-16-5-1-2-6-18(16)29-19/h1-6,8-9,11-14H,7,10H2,(H,25,26,28). The molecule has 1 aromatic carbocycles. The lowest BCUT2D eigenvalue weighted by Gasteiger charge is -2.06. The van der Waals surface area contributed by atoms with Crippen LogP contribution in [0.3, 0.4) is 0 Å². The highest BCUT2D eigenvalue weighted by Crippen LogP contribution is 2.28. The van der Waals surface area contributed by atoms with Crippen molar-refractivity contribution in [2.75, 3.05) is 5.32 Å². The first-order valence-electron chi connectivity index (χ1n) is 9.29. The van der Waals surface area contributed by atoms with E-state index in [0.717, 1.165) is 22.2 Å². The minimum Gasteiger partial charge on any atom is -0.454 e. The van der Waals surface area contributed by atoms with Gasteiger partial charge in [0.25, 0.3) is 0 Å². The molecule has 0 saturated carbocycles. The Morgan fingerprint density at radius 2 is 2.00 bits per heavy atom. The zero-order chi connectivity index (χ0) is 19.6. The smallest absolute Gasteiger partial charge is 0.225 e. The molecule has 1 N–H and O–H groups in total. The highest BCUT2D eigenvalue weighted by atomic mass is 16.3. The van der Waals surface area contributed by atoms with E-state index in [4.69, 9.17) is 4.42 Å². The molecule has 0 spiro atoms. The second-order valence-corrected chi connectivity index (χ2v) is 6.69. The second kappa shape index (κ2) is 7.20. The van der Waals surface area contributed by atoms with Gasteiger partial charge < -0.3 is 9.73 Å². The number of pyridine rings is 1. The van der Waals surface area contributed by atoms with Crippen molar-refractivity contribution in [3.05, 3.63) is 78.8 Å². The number of nitrogens with one attached hydrogen (secondary N) is 1. The van der Waals surface area contributed by atoms with E-state index in [1.165, 1.54) is 0 Å². The molecular weight excluding hydrogens is 366 g/mol. The van der Waals surface area contributed by atoms with Gasteiger partial charge in [0.1, 0.15) is 11.3 Å². The Kier molecular flexibility index (Phi) is 4.25. The van der Waals surface area contributed by atoms with Gasteiger partial charge in [0, 0.05) is 24.2 Å². The van der Waals surface area contributed by atoms with Crippen LogP contribution in [0.1, 0.15) is 12.0 Å². The number of anilines is 1. The number of furan rings is 1. The highest BCUT2D eigenvalue weighted by molar-refractivity contribution is 5.90. The Morgan fingerprint density at radius 1 is 1.07 bits per heavy atom. The van der Waals surface area contributed by atoms with Gasteiger partial charge in [0.05, 0.1) is 6.20 Å². The van der Waals surface area contributed by atoms with E-state index in [2.05, 4.69) is 20.4 Å². The normalized spacial score (nSPS) is 11.2. The van der Waals surface area contributed by atoms with Crippen molar-refractivity contribution in [2.24, 2.45) is 0 Å². The summed E-state index contributed by atoms with van der Waals surface area (Å²) >= 11 is 0. The molecule has 0 saturated heterocycles. The Balaban J connectivity index is 1.38. The van der Waals surface area contributed by atoms with Crippen LogP contribution in [-0.4, -0.2) is 25.5 Å². The van der Waals surface area contributed by atoms with Gasteiger partial charge in [-0.15, -0.1) is 5.10 Å². The largest absolute Gasteiger partial charge is 0.454 e. The quantitative estimate of drug-likeness (QED) is 0.494. The first-order valence-corrected chi connectivity index (χ1v) is 9.29. The molecule has 0 aliphatic heterocycles. The SMILES string of the molecule is O=C(CCc1cccnc1)Nc1ccc2ncc(-c3cc4ccccc4o3)n2n1. The summed E-state index contributed by atoms with van der Waals surface area (Å²) in [4.78, 5) is 20.8. The molecule has 4 aromatic heterocycles. The van der Waals surface area contributed by atoms with Gasteiger partial charge in [-0.05, 0) is 42.3 Å². The molecular formula is C22H17N5O2. The first-order chi connectivity index (χ1) is 14.3. The molecule has 7 nitrogen and oxygen atoms in total. The third kappa shape index (κ3) is 3.45. The third-order valence-electron chi connectivity index (χ3n) is 4.67. The summed E-state index contributed by atoms with van der Waals surface area (Å²) < 4.78 is 7.61. The van der Waals surface area contributed by atoms with Crippen molar-refractivity contribution in [1.29, 1.82) is 0 Å². The van der Waals surface area contributed by atoms with Gasteiger partial charge in [-0.2, -0.15) is 0 Å². The van der Waals surface area contributed by atoms with E-state index in [9.17, 15) is 4.79 Å². The topological polar surface area (TPSA) is 85.3 Å². The Hall–Kier alpha value is -4.00. The van der Waals surface area contributed by atoms with Crippen LogP contribution in [0.15, 0.2) is 77.6 Å². The van der Waals surface area contributed by atoms with Crippen LogP contribution >= 0.6 is 0 Å². The number of aromatic nitrogens is 4. The summed E-state index contributed by atoms with van der Waals surface area (Å²) in [5, 5.41) is 8.39. The number of imidazole rings is 1. The number of rotatable bonds is 5. The number of aryl methyl sites for hydroxylation is 1. The van der Waals surface area contributed by atoms with Crippen LogP contribution in [0.2, 0.25) is 0 Å². The molecule has 5 rings (SSSR count). The molecule has 0 unspecified atom stereocenters. The predicted molar refractivity (Wildman–Crippen MR) is 109 cm³/mol. The summed E-state index contributed by atoms with van der Waals surface area (Å²) in [6.07, 6.45) is 6.17. The van der Waals surface area contributed by atoms with E-state index in [1.54, 1.807) is 29.2 Å². The zero-order valence-electron chi connectivity index (χ0n) is 15.4. The number of nitrogens with zero attached hydrogens (tertiary/aromatic N) is 4. The fourth-order valence-electron chi connectivity index (χ4n) is 3.23. The second-order valence-electron chi connectivity index (χ2n) is 6.69. The number of hydrogen-bond acceptors (Lipinski definition) is 5. The molecule has 0 radical (unpaired) electrons. The molecule has 142 valence electrons. The molecule has 4 heterocycles. The maximum atomic E-state index is 12.3. The number of carbonyl (C=O) groups is 1. The van der Waals surface area contributed by atoms with Crippen LogP contribution < -0.4 is 5.32 Å². The van der Waals surface area contributed by atoms with Crippen LogP contribution in [0.4, 0.5) is 5.82 Å². The number of amides is 1. The van der Waals surface area contributed by atoms with Crippen molar-refractivity contribution in [3.63, 3.8) is 0 Å². The maximum absolute atomic E-state index is 12.3. The van der Waals surface area contributed by atoms with Crippen molar-refractivity contribution in [2.45, 2.75) is 12.8 Å². The zero-order valence-corrected chi connectivity index (χ0v) is 15.4. The minimum absolute atomic E-state index is 0.105. The van der Waals surface area contributed by atoms with Crippen LogP contribution in [0, 0.1) is 0 Å². The van der Waals surface area contributed by atoms with Crippen molar-refractivity contribution < 1.29 is 9.21 Å². The molecule has 0 bridgehead atoms. The fourth-order valence-corrected chi connectivity index (χ4v) is 3.23. The summed E-state index contributed by atoms with van der Waals surface area (Å²) in [5.41, 5.74) is 3.22. The number of para-hydroxylation sites is 1. The van der Waals surface area contributed by atoms with Crippen molar-refractivity contribution >= 4 is 28.3 Å². The van der Waals surface area contributed by atoms with Gasteiger partial charge in [0.2, 0.25) is 5.91 Å². The monoisotopic (exact) mass is 383 g/mol. The molecule has 0 fully saturated rings. The third-order valence-corrected chi connectivity index (χ3v) is 4.67. The lowest BCUT2D eigenvalue weighted by molar-refractivity contribution is -0.116. The van der Waals surface area contributed by atoms with Crippen LogP contribution in [0.5, 0.6) is 0 Å². The van der Waals surface area contributed by atoms with Crippen molar-refractivity contribution in [3.8, 4) is 11.5 Å². The number of benzene rings is 1. The Labute approximate surface area is 166 Å². The number of hydrogen-bond donors (Lipinski definition) is 1. The summed E-state index contributed by atoms with van der Waals surface area (Å²) in [7, 11) is 0. The van der Waals surface area contributed by atoms with E-state index in [-0.39, 0.29) is 5.91 Å². The van der Waals surface area contributed by atoms with Gasteiger partial charge in [-0.1, -0.05) is 24.3 Å². The van der Waals surface area contributed by atoms with Gasteiger partial charge >= 0.3 is 0 Å². The molecule has 0 atom stereocenters. The predicted octanol–water partition coefficient (Wildman–Crippen LogP) is 4.11. The van der Waals surface area contributed by atoms with E-state index < -0.39 is 0 Å². The van der Waals surface area contributed by atoms with E-state index in [0.29, 0.717) is 30.1 Å². The van der Waals surface area contributed by atoms with Gasteiger partial charge in [-0.3, -0.25) is 9.78 Å². The maximum Gasteiger partial charge on any atom is 0.225 e. The molecule has 5 aromatic rings. The van der Waals surface area contributed by atoms with Gasteiger partial charge in [0.15, 0.2) is 17.2 Å². The molecule has 29 heavy (non-hydrogen) atoms. The van der Waals surface area contributed by atoms with E-state index in [1.807, 2.05) is 48.5 Å². The number of carbonyl (C=O) groups excluding carboxylic acids is 1. The first kappa shape index (κ1) is 17.1. The van der Waals surface area contributed by atoms with Crippen LogP contribution in [-0.2, 0) is 11.2 Å². The van der Waals surface area contributed by atoms with Crippen molar-refractivity contribution in [1.82, 2.24) is 19.6 Å². The lowest BCUT2D eigenvalue weighted by atomic mass is 10.1. The average Bonchev–Trinajstić information content (AvgIpc) is 3.36. The molecule has 0 aliphatic rings. The fraction of sp³-hybridized carbons (Fsp3) is 0.0909. The Bertz CT molecular complexity index is 1270. The lowest BCUT2D eigenvalue weighted by Crippen LogP contribution is -2.14. The Morgan fingerprint density at radius 3 is 2.86 bits per heavy atom. The molecule has 7 heteroatoms. The van der Waals surface area contributed by atoms with Crippen LogP contribution in [0.25, 0.3) is 28.1 Å². The molecule has 1 amide bonds. The summed E-state index contributed by atoms with van der Waals surface area (Å²) in [6, 6.07) is 17.1.